The van der Waals surface area contributed by atoms with Crippen LogP contribution in [0.5, 0.6) is 0 Å². The van der Waals surface area contributed by atoms with Crippen LogP contribution in [0.4, 0.5) is 11.4 Å². The Kier molecular flexibility index (Phi) is 7.00. The highest BCUT2D eigenvalue weighted by Crippen LogP contribution is 2.19. The van der Waals surface area contributed by atoms with Crippen molar-refractivity contribution in [3.05, 3.63) is 79.9 Å². The molecule has 0 aliphatic carbocycles. The van der Waals surface area contributed by atoms with Gasteiger partial charge < -0.3 is 9.47 Å². The van der Waals surface area contributed by atoms with Gasteiger partial charge in [-0.2, -0.15) is 0 Å². The third-order valence-electron chi connectivity index (χ3n) is 3.52. The smallest absolute Gasteiger partial charge is 0.274 e. The van der Waals surface area contributed by atoms with Crippen molar-refractivity contribution in [2.24, 2.45) is 0 Å². The van der Waals surface area contributed by atoms with Gasteiger partial charge in [-0.25, -0.2) is 0 Å². The Hall–Kier alpha value is -2.84. The zero-order valence-electron chi connectivity index (χ0n) is 13.5. The minimum absolute atomic E-state index is 0.0276. The number of hydrogen-bond acceptors (Lipinski definition) is 6. The molecule has 0 heterocycles. The fraction of sp³-hybridized carbons (Fsp3) is 0.294. The van der Waals surface area contributed by atoms with E-state index in [0.29, 0.717) is 30.8 Å². The monoisotopic (exact) mass is 346 g/mol. The average Bonchev–Trinajstić information content (AvgIpc) is 2.61. The van der Waals surface area contributed by atoms with Gasteiger partial charge in [-0.05, 0) is 6.07 Å². The summed E-state index contributed by atoms with van der Waals surface area (Å²) < 4.78 is 10.8. The number of hydrogen-bond donors (Lipinski definition) is 0. The van der Waals surface area contributed by atoms with E-state index in [-0.39, 0.29) is 24.6 Å². The molecule has 0 aliphatic heterocycles. The summed E-state index contributed by atoms with van der Waals surface area (Å²) in [5, 5.41) is 21.8. The summed E-state index contributed by atoms with van der Waals surface area (Å²) in [5.74, 6) is 0. The minimum atomic E-state index is -0.443. The molecular weight excluding hydrogens is 328 g/mol. The highest BCUT2D eigenvalue weighted by atomic mass is 16.6. The Morgan fingerprint density at radius 1 is 0.720 bits per heavy atom. The first-order valence-electron chi connectivity index (χ1n) is 7.69. The van der Waals surface area contributed by atoms with Crippen LogP contribution in [0.2, 0.25) is 0 Å². The fourth-order valence-electron chi connectivity index (χ4n) is 2.30. The van der Waals surface area contributed by atoms with E-state index in [1.165, 1.54) is 12.1 Å². The van der Waals surface area contributed by atoms with Crippen molar-refractivity contribution in [3.63, 3.8) is 0 Å². The highest BCUT2D eigenvalue weighted by molar-refractivity contribution is 5.40. The lowest BCUT2D eigenvalue weighted by Crippen LogP contribution is -2.08. The molecule has 0 fully saturated rings. The normalized spacial score (nSPS) is 10.6. The van der Waals surface area contributed by atoms with Gasteiger partial charge in [-0.1, -0.05) is 30.3 Å². The van der Waals surface area contributed by atoms with Crippen LogP contribution < -0.4 is 0 Å². The van der Waals surface area contributed by atoms with Gasteiger partial charge in [0.15, 0.2) is 0 Å². The molecule has 2 aromatic carbocycles. The molecule has 25 heavy (non-hydrogen) atoms. The maximum Gasteiger partial charge on any atom is 0.274 e. The first-order chi connectivity index (χ1) is 12.1. The Labute approximate surface area is 144 Å². The number of nitro groups is 2. The molecule has 0 saturated heterocycles. The lowest BCUT2D eigenvalue weighted by Gasteiger charge is -2.07. The van der Waals surface area contributed by atoms with Crippen molar-refractivity contribution in [1.82, 2.24) is 0 Å². The van der Waals surface area contributed by atoms with Gasteiger partial charge in [-0.15, -0.1) is 0 Å². The van der Waals surface area contributed by atoms with Crippen LogP contribution in [0.1, 0.15) is 11.1 Å². The number of rotatable bonds is 10. The maximum absolute atomic E-state index is 10.9. The van der Waals surface area contributed by atoms with Crippen LogP contribution in [0, 0.1) is 20.2 Å². The van der Waals surface area contributed by atoms with Crippen molar-refractivity contribution >= 4 is 11.4 Å². The van der Waals surface area contributed by atoms with Crippen molar-refractivity contribution < 1.29 is 19.3 Å². The number of nitrogens with zero attached hydrogens (tertiary/aromatic N) is 2. The van der Waals surface area contributed by atoms with E-state index in [9.17, 15) is 20.2 Å². The van der Waals surface area contributed by atoms with E-state index >= 15 is 0 Å². The highest BCUT2D eigenvalue weighted by Gasteiger charge is 2.12. The summed E-state index contributed by atoms with van der Waals surface area (Å²) >= 11 is 0. The van der Waals surface area contributed by atoms with Crippen molar-refractivity contribution in [2.75, 3.05) is 19.8 Å². The SMILES string of the molecule is O=[N+]([O-])c1ccccc1CCOCCOCc1ccccc1[N+](=O)[O-]. The third kappa shape index (κ3) is 5.63. The van der Waals surface area contributed by atoms with Gasteiger partial charge in [0.2, 0.25) is 0 Å². The number of benzene rings is 2. The number of nitro benzene ring substituents is 2. The number of para-hydroxylation sites is 2. The van der Waals surface area contributed by atoms with Crippen LogP contribution in [0.3, 0.4) is 0 Å². The molecule has 0 spiro atoms. The first-order valence-corrected chi connectivity index (χ1v) is 7.69. The second kappa shape index (κ2) is 9.45. The van der Waals surface area contributed by atoms with Crippen LogP contribution in [-0.4, -0.2) is 29.7 Å². The summed E-state index contributed by atoms with van der Waals surface area (Å²) in [4.78, 5) is 20.9. The van der Waals surface area contributed by atoms with E-state index in [1.807, 2.05) is 0 Å². The van der Waals surface area contributed by atoms with Gasteiger partial charge in [0.25, 0.3) is 11.4 Å². The predicted molar refractivity (Wildman–Crippen MR) is 90.4 cm³/mol. The van der Waals surface area contributed by atoms with Crippen molar-refractivity contribution in [2.45, 2.75) is 13.0 Å². The molecule has 0 aromatic heterocycles. The molecule has 0 atom stereocenters. The molecular formula is C17H18N2O6. The van der Waals surface area contributed by atoms with E-state index in [0.717, 1.165) is 0 Å². The Bertz CT molecular complexity index is 673. The minimum Gasteiger partial charge on any atom is -0.379 e. The standard InChI is InChI=1S/C17H18N2O6/c20-18(21)16-7-3-1-5-14(16)9-10-24-11-12-25-13-15-6-2-4-8-17(15)19(22)23/h1-8H,9-13H2. The van der Waals surface area contributed by atoms with Crippen LogP contribution in [0.25, 0.3) is 0 Å². The fourth-order valence-corrected chi connectivity index (χ4v) is 2.30. The molecule has 2 aromatic rings. The van der Waals surface area contributed by atoms with E-state index in [2.05, 4.69) is 0 Å². The second-order valence-electron chi connectivity index (χ2n) is 5.19. The molecule has 0 bridgehead atoms. The Morgan fingerprint density at radius 3 is 1.88 bits per heavy atom. The summed E-state index contributed by atoms with van der Waals surface area (Å²) in [6.07, 6.45) is 0.432. The van der Waals surface area contributed by atoms with E-state index < -0.39 is 9.85 Å². The lowest BCUT2D eigenvalue weighted by atomic mass is 10.1. The van der Waals surface area contributed by atoms with Crippen LogP contribution >= 0.6 is 0 Å². The quantitative estimate of drug-likeness (QED) is 0.371. The number of ether oxygens (including phenoxy) is 2. The van der Waals surface area contributed by atoms with Gasteiger partial charge in [-0.3, -0.25) is 20.2 Å². The van der Waals surface area contributed by atoms with Gasteiger partial charge in [0.1, 0.15) is 0 Å². The summed E-state index contributed by atoms with van der Waals surface area (Å²) in [6, 6.07) is 12.9. The van der Waals surface area contributed by atoms with Crippen LogP contribution in [0.15, 0.2) is 48.5 Å². The van der Waals surface area contributed by atoms with E-state index in [1.54, 1.807) is 36.4 Å². The molecule has 0 radical (unpaired) electrons. The topological polar surface area (TPSA) is 105 Å². The molecule has 132 valence electrons. The summed E-state index contributed by atoms with van der Waals surface area (Å²) in [5.41, 5.74) is 1.24. The summed E-state index contributed by atoms with van der Waals surface area (Å²) in [7, 11) is 0. The first kappa shape index (κ1) is 18.5. The maximum atomic E-state index is 10.9. The van der Waals surface area contributed by atoms with Crippen LogP contribution in [-0.2, 0) is 22.5 Å². The van der Waals surface area contributed by atoms with Crippen molar-refractivity contribution in [1.29, 1.82) is 0 Å². The molecule has 8 heteroatoms. The molecule has 0 amide bonds. The predicted octanol–water partition coefficient (Wildman–Crippen LogP) is 3.28. The lowest BCUT2D eigenvalue weighted by molar-refractivity contribution is -0.386. The van der Waals surface area contributed by atoms with Gasteiger partial charge in [0, 0.05) is 24.1 Å². The molecule has 0 aliphatic rings. The molecule has 0 N–H and O–H groups in total. The average molecular weight is 346 g/mol. The molecule has 0 unspecified atom stereocenters. The molecule has 2 rings (SSSR count). The molecule has 0 saturated carbocycles. The molecule has 8 nitrogen and oxygen atoms in total. The summed E-state index contributed by atoms with van der Waals surface area (Å²) in [6.45, 7) is 1.05. The zero-order valence-corrected chi connectivity index (χ0v) is 13.5. The van der Waals surface area contributed by atoms with Crippen molar-refractivity contribution in [3.8, 4) is 0 Å². The largest absolute Gasteiger partial charge is 0.379 e. The van der Waals surface area contributed by atoms with Gasteiger partial charge >= 0.3 is 0 Å². The Morgan fingerprint density at radius 2 is 1.24 bits per heavy atom. The second-order valence-corrected chi connectivity index (χ2v) is 5.19. The zero-order chi connectivity index (χ0) is 18.1. The third-order valence-corrected chi connectivity index (χ3v) is 3.52. The van der Waals surface area contributed by atoms with E-state index in [4.69, 9.17) is 9.47 Å². The Balaban J connectivity index is 1.68. The van der Waals surface area contributed by atoms with Gasteiger partial charge in [0.05, 0.1) is 41.8 Å².